The molecule has 0 spiro atoms. The molecule has 1 N–H and O–H groups in total. The first kappa shape index (κ1) is 26.1. The van der Waals surface area contributed by atoms with Gasteiger partial charge in [0.05, 0.1) is 10.2 Å². The Morgan fingerprint density at radius 1 is 1.21 bits per heavy atom. The molecule has 34 heavy (non-hydrogen) atoms. The number of nitrogens with zero attached hydrogens (tertiary/aromatic N) is 1. The Hall–Kier alpha value is -2.54. The van der Waals surface area contributed by atoms with Crippen molar-refractivity contribution >= 4 is 67.8 Å². The van der Waals surface area contributed by atoms with Crippen molar-refractivity contribution in [2.75, 3.05) is 11.9 Å². The minimum atomic E-state index is -0.518. The lowest BCUT2D eigenvalue weighted by molar-refractivity contribution is -0.112. The number of hydrogen-bond acceptors (Lipinski definition) is 4. The van der Waals surface area contributed by atoms with Gasteiger partial charge in [-0.3, -0.25) is 4.79 Å². The van der Waals surface area contributed by atoms with Crippen LogP contribution in [0.15, 0.2) is 64.6 Å². The molecule has 0 saturated heterocycles. The zero-order valence-electron chi connectivity index (χ0n) is 18.5. The van der Waals surface area contributed by atoms with Crippen molar-refractivity contribution in [1.82, 2.24) is 0 Å². The molecule has 0 aliphatic carbocycles. The van der Waals surface area contributed by atoms with Crippen LogP contribution in [0.2, 0.25) is 5.02 Å². The first-order chi connectivity index (χ1) is 16.3. The van der Waals surface area contributed by atoms with E-state index in [-0.39, 0.29) is 5.57 Å². The van der Waals surface area contributed by atoms with Crippen LogP contribution in [0.25, 0.3) is 6.08 Å². The molecule has 0 radical (unpaired) electrons. The van der Waals surface area contributed by atoms with Crippen LogP contribution in [0.1, 0.15) is 23.6 Å². The predicted octanol–water partition coefficient (Wildman–Crippen LogP) is 7.54. The average Bonchev–Trinajstić information content (AvgIpc) is 2.81. The van der Waals surface area contributed by atoms with Crippen molar-refractivity contribution in [1.29, 1.82) is 5.26 Å². The SMILES string of the molecule is CCOc1cc(/C=C(\C#N)C(=O)Nc2cccc(Cl)c2C)cc(I)c1OCc1ccccc1Br. The lowest BCUT2D eigenvalue weighted by atomic mass is 10.1. The van der Waals surface area contributed by atoms with Gasteiger partial charge in [-0.2, -0.15) is 5.26 Å². The Kier molecular flexibility index (Phi) is 9.39. The van der Waals surface area contributed by atoms with E-state index in [1.165, 1.54) is 6.08 Å². The third-order valence-corrected chi connectivity index (χ3v) is 6.84. The Morgan fingerprint density at radius 3 is 2.68 bits per heavy atom. The van der Waals surface area contributed by atoms with Gasteiger partial charge in [0.1, 0.15) is 18.2 Å². The van der Waals surface area contributed by atoms with Crippen LogP contribution >= 0.6 is 50.1 Å². The van der Waals surface area contributed by atoms with E-state index in [1.807, 2.05) is 43.3 Å². The Balaban J connectivity index is 1.87. The number of benzene rings is 3. The van der Waals surface area contributed by atoms with Crippen molar-refractivity contribution in [3.8, 4) is 17.6 Å². The van der Waals surface area contributed by atoms with Crippen molar-refractivity contribution in [2.45, 2.75) is 20.5 Å². The zero-order chi connectivity index (χ0) is 24.7. The third-order valence-electron chi connectivity index (χ3n) is 4.85. The summed E-state index contributed by atoms with van der Waals surface area (Å²) in [7, 11) is 0. The van der Waals surface area contributed by atoms with Gasteiger partial charge in [0.25, 0.3) is 5.91 Å². The number of rotatable bonds is 8. The van der Waals surface area contributed by atoms with E-state index in [4.69, 9.17) is 21.1 Å². The normalized spacial score (nSPS) is 11.0. The molecule has 0 heterocycles. The summed E-state index contributed by atoms with van der Waals surface area (Å²) in [5.74, 6) is 0.624. The molecular formula is C26H21BrClIN2O3. The maximum absolute atomic E-state index is 12.8. The number of ether oxygens (including phenoxy) is 2. The van der Waals surface area contributed by atoms with E-state index in [9.17, 15) is 10.1 Å². The summed E-state index contributed by atoms with van der Waals surface area (Å²) in [4.78, 5) is 12.8. The third kappa shape index (κ3) is 6.53. The van der Waals surface area contributed by atoms with E-state index in [1.54, 1.807) is 31.2 Å². The lowest BCUT2D eigenvalue weighted by Gasteiger charge is -2.15. The van der Waals surface area contributed by atoms with Gasteiger partial charge in [0, 0.05) is 20.7 Å². The Labute approximate surface area is 226 Å². The fraction of sp³-hybridized carbons (Fsp3) is 0.154. The smallest absolute Gasteiger partial charge is 0.266 e. The molecular weight excluding hydrogens is 631 g/mol. The second kappa shape index (κ2) is 12.2. The van der Waals surface area contributed by atoms with E-state index >= 15 is 0 Å². The molecule has 0 fully saturated rings. The highest BCUT2D eigenvalue weighted by molar-refractivity contribution is 14.1. The number of halogens is 3. The van der Waals surface area contributed by atoms with Crippen LogP contribution in [0.5, 0.6) is 11.5 Å². The molecule has 0 aliphatic heterocycles. The van der Waals surface area contributed by atoms with Crippen molar-refractivity contribution < 1.29 is 14.3 Å². The Bertz CT molecular complexity index is 1290. The summed E-state index contributed by atoms with van der Waals surface area (Å²) >= 11 is 11.8. The van der Waals surface area contributed by atoms with Gasteiger partial charge in [0.15, 0.2) is 11.5 Å². The summed E-state index contributed by atoms with van der Waals surface area (Å²) in [5.41, 5.74) is 2.90. The molecule has 0 aliphatic rings. The van der Waals surface area contributed by atoms with E-state index in [0.29, 0.717) is 41.0 Å². The van der Waals surface area contributed by atoms with Crippen molar-refractivity contribution in [3.63, 3.8) is 0 Å². The van der Waals surface area contributed by atoms with Gasteiger partial charge in [-0.1, -0.05) is 51.8 Å². The number of hydrogen-bond donors (Lipinski definition) is 1. The molecule has 174 valence electrons. The van der Waals surface area contributed by atoms with E-state index < -0.39 is 5.91 Å². The highest BCUT2D eigenvalue weighted by Gasteiger charge is 2.16. The van der Waals surface area contributed by atoms with Crippen LogP contribution in [-0.2, 0) is 11.4 Å². The van der Waals surface area contributed by atoms with Crippen LogP contribution < -0.4 is 14.8 Å². The molecule has 0 aromatic heterocycles. The quantitative estimate of drug-likeness (QED) is 0.155. The molecule has 0 saturated carbocycles. The molecule has 0 bridgehead atoms. The predicted molar refractivity (Wildman–Crippen MR) is 147 cm³/mol. The van der Waals surface area contributed by atoms with Gasteiger partial charge in [-0.15, -0.1) is 0 Å². The van der Waals surface area contributed by atoms with E-state index in [0.717, 1.165) is 19.2 Å². The van der Waals surface area contributed by atoms with Crippen LogP contribution in [0, 0.1) is 21.8 Å². The fourth-order valence-corrected chi connectivity index (χ4v) is 4.44. The van der Waals surface area contributed by atoms with Gasteiger partial charge in [-0.25, -0.2) is 0 Å². The maximum Gasteiger partial charge on any atom is 0.266 e. The second-order valence-electron chi connectivity index (χ2n) is 7.18. The standard InChI is InChI=1S/C26H21BrClIN2O3/c1-3-33-24-13-17(12-22(29)25(24)34-15-18-7-4-5-8-20(18)27)11-19(14-30)26(32)31-23-10-6-9-21(28)16(23)2/h4-13H,3,15H2,1-2H3,(H,31,32)/b19-11+. The van der Waals surface area contributed by atoms with Gasteiger partial charge in [0.2, 0.25) is 0 Å². The molecule has 3 aromatic carbocycles. The Morgan fingerprint density at radius 2 is 1.97 bits per heavy atom. The summed E-state index contributed by atoms with van der Waals surface area (Å²) in [5, 5.41) is 12.9. The molecule has 8 heteroatoms. The highest BCUT2D eigenvalue weighted by Crippen LogP contribution is 2.36. The number of amides is 1. The summed E-state index contributed by atoms with van der Waals surface area (Å²) in [6.07, 6.45) is 1.53. The summed E-state index contributed by atoms with van der Waals surface area (Å²) in [6, 6.07) is 18.6. The van der Waals surface area contributed by atoms with Gasteiger partial charge < -0.3 is 14.8 Å². The topological polar surface area (TPSA) is 71.3 Å². The molecule has 3 rings (SSSR count). The number of carbonyl (C=O) groups is 1. The van der Waals surface area contributed by atoms with Crippen LogP contribution in [-0.4, -0.2) is 12.5 Å². The zero-order valence-corrected chi connectivity index (χ0v) is 23.0. The van der Waals surface area contributed by atoms with Crippen LogP contribution in [0.3, 0.4) is 0 Å². The minimum absolute atomic E-state index is 0.0421. The molecule has 0 atom stereocenters. The summed E-state index contributed by atoms with van der Waals surface area (Å²) < 4.78 is 13.6. The second-order valence-corrected chi connectivity index (χ2v) is 9.60. The summed E-state index contributed by atoms with van der Waals surface area (Å²) in [6.45, 7) is 4.48. The first-order valence-corrected chi connectivity index (χ1v) is 12.6. The van der Waals surface area contributed by atoms with Gasteiger partial charge >= 0.3 is 0 Å². The maximum atomic E-state index is 12.8. The highest BCUT2D eigenvalue weighted by atomic mass is 127. The number of carbonyl (C=O) groups excluding carboxylic acids is 1. The lowest BCUT2D eigenvalue weighted by Crippen LogP contribution is -2.14. The molecule has 1 amide bonds. The number of nitriles is 1. The minimum Gasteiger partial charge on any atom is -0.490 e. The van der Waals surface area contributed by atoms with Crippen LogP contribution in [0.4, 0.5) is 5.69 Å². The first-order valence-electron chi connectivity index (χ1n) is 10.3. The monoisotopic (exact) mass is 650 g/mol. The van der Waals surface area contributed by atoms with E-state index in [2.05, 4.69) is 43.8 Å². The molecule has 0 unspecified atom stereocenters. The molecule has 5 nitrogen and oxygen atoms in total. The number of anilines is 1. The van der Waals surface area contributed by atoms with Crippen molar-refractivity contribution in [3.05, 3.63) is 89.9 Å². The number of nitrogens with one attached hydrogen (secondary N) is 1. The fourth-order valence-electron chi connectivity index (χ4n) is 3.09. The average molecular weight is 652 g/mol. The van der Waals surface area contributed by atoms with Gasteiger partial charge in [-0.05, 0) is 84.0 Å². The largest absolute Gasteiger partial charge is 0.490 e. The molecule has 3 aromatic rings. The van der Waals surface area contributed by atoms with Crippen molar-refractivity contribution in [2.24, 2.45) is 0 Å².